The van der Waals surface area contributed by atoms with Crippen LogP contribution in [0.4, 0.5) is 0 Å². The Morgan fingerprint density at radius 3 is 2.33 bits per heavy atom. The van der Waals surface area contributed by atoms with Gasteiger partial charge in [0.15, 0.2) is 0 Å². The van der Waals surface area contributed by atoms with Crippen molar-refractivity contribution in [3.8, 4) is 0 Å². The van der Waals surface area contributed by atoms with Crippen LogP contribution < -0.4 is 5.32 Å². The van der Waals surface area contributed by atoms with Crippen molar-refractivity contribution in [2.75, 3.05) is 39.0 Å². The van der Waals surface area contributed by atoms with E-state index in [0.29, 0.717) is 13.0 Å². The Morgan fingerprint density at radius 2 is 1.63 bits per heavy atom. The van der Waals surface area contributed by atoms with Crippen LogP contribution in [-0.4, -0.2) is 54.7 Å². The predicted molar refractivity (Wildman–Crippen MR) is 113 cm³/mol. The Hall–Kier alpha value is -1.82. The summed E-state index contributed by atoms with van der Waals surface area (Å²) in [5, 5.41) is 3.02. The lowest BCUT2D eigenvalue weighted by Crippen LogP contribution is -2.43. The predicted octanol–water partition coefficient (Wildman–Crippen LogP) is 3.23. The summed E-state index contributed by atoms with van der Waals surface area (Å²) in [7, 11) is 2.18. The molecule has 2 aromatic rings. The molecule has 1 N–H and O–H groups in total. The minimum atomic E-state index is 0.111. The molecule has 27 heavy (non-hydrogen) atoms. The summed E-state index contributed by atoms with van der Waals surface area (Å²) in [6.07, 6.45) is 0.543. The highest BCUT2D eigenvalue weighted by atomic mass is 32.2. The average molecular weight is 384 g/mol. The molecule has 1 amide bonds. The van der Waals surface area contributed by atoms with Gasteiger partial charge in [0.1, 0.15) is 0 Å². The van der Waals surface area contributed by atoms with Crippen LogP contribution in [-0.2, 0) is 17.9 Å². The number of hydrogen-bond donors (Lipinski definition) is 1. The van der Waals surface area contributed by atoms with Crippen molar-refractivity contribution < 1.29 is 4.79 Å². The van der Waals surface area contributed by atoms with Gasteiger partial charge < -0.3 is 10.2 Å². The number of piperazine rings is 1. The number of nitrogens with one attached hydrogen (secondary N) is 1. The van der Waals surface area contributed by atoms with Gasteiger partial charge in [-0.25, -0.2) is 0 Å². The second-order valence-electron chi connectivity index (χ2n) is 7.08. The fourth-order valence-electron chi connectivity index (χ4n) is 3.09. The molecule has 5 heteroatoms. The first kappa shape index (κ1) is 19.9. The number of amides is 1. The topological polar surface area (TPSA) is 35.6 Å². The van der Waals surface area contributed by atoms with E-state index in [1.165, 1.54) is 10.5 Å². The van der Waals surface area contributed by atoms with Gasteiger partial charge in [0, 0.05) is 56.3 Å². The summed E-state index contributed by atoms with van der Waals surface area (Å²) in [5.41, 5.74) is 2.50. The first-order valence-electron chi connectivity index (χ1n) is 9.62. The molecule has 0 atom stereocenters. The van der Waals surface area contributed by atoms with E-state index in [9.17, 15) is 4.79 Å². The van der Waals surface area contributed by atoms with E-state index < -0.39 is 0 Å². The Bertz CT molecular complexity index is 697. The third kappa shape index (κ3) is 7.01. The first-order valence-corrected chi connectivity index (χ1v) is 10.6. The molecule has 0 saturated carbocycles. The number of carbonyl (C=O) groups excluding carboxylic acids is 1. The molecular weight excluding hydrogens is 354 g/mol. The quantitative estimate of drug-likeness (QED) is 0.710. The molecule has 1 saturated heterocycles. The van der Waals surface area contributed by atoms with Gasteiger partial charge in [-0.2, -0.15) is 0 Å². The molecule has 0 aromatic heterocycles. The van der Waals surface area contributed by atoms with Crippen molar-refractivity contribution in [2.45, 2.75) is 24.4 Å². The van der Waals surface area contributed by atoms with Crippen LogP contribution in [0.2, 0.25) is 0 Å². The van der Waals surface area contributed by atoms with Crippen molar-refractivity contribution in [3.63, 3.8) is 0 Å². The van der Waals surface area contributed by atoms with Gasteiger partial charge in [0.05, 0.1) is 0 Å². The molecule has 0 radical (unpaired) electrons. The van der Waals surface area contributed by atoms with Crippen molar-refractivity contribution >= 4 is 17.7 Å². The molecule has 0 bridgehead atoms. The van der Waals surface area contributed by atoms with Crippen LogP contribution in [0.5, 0.6) is 0 Å². The molecule has 1 fully saturated rings. The lowest BCUT2D eigenvalue weighted by Gasteiger charge is -2.32. The zero-order chi connectivity index (χ0) is 18.9. The van der Waals surface area contributed by atoms with Crippen molar-refractivity contribution in [1.29, 1.82) is 0 Å². The fraction of sp³-hybridized carbons (Fsp3) is 0.409. The van der Waals surface area contributed by atoms with E-state index >= 15 is 0 Å². The molecule has 0 unspecified atom stereocenters. The van der Waals surface area contributed by atoms with Gasteiger partial charge in [-0.05, 0) is 30.3 Å². The summed E-state index contributed by atoms with van der Waals surface area (Å²) in [4.78, 5) is 18.1. The summed E-state index contributed by atoms with van der Waals surface area (Å²) < 4.78 is 0. The van der Waals surface area contributed by atoms with E-state index in [1.54, 1.807) is 11.8 Å². The van der Waals surface area contributed by atoms with E-state index in [4.69, 9.17) is 0 Å². The number of thioether (sulfide) groups is 1. The maximum atomic E-state index is 12.0. The van der Waals surface area contributed by atoms with Gasteiger partial charge in [0.25, 0.3) is 0 Å². The van der Waals surface area contributed by atoms with E-state index in [2.05, 4.69) is 58.6 Å². The highest BCUT2D eigenvalue weighted by Gasteiger charge is 2.13. The van der Waals surface area contributed by atoms with E-state index in [0.717, 1.165) is 44.0 Å². The fourth-order valence-corrected chi connectivity index (χ4v) is 3.97. The van der Waals surface area contributed by atoms with Crippen molar-refractivity contribution in [3.05, 3.63) is 65.7 Å². The molecule has 0 aliphatic carbocycles. The summed E-state index contributed by atoms with van der Waals surface area (Å²) in [6.45, 7) is 6.17. The molecule has 1 aliphatic heterocycles. The summed E-state index contributed by atoms with van der Waals surface area (Å²) >= 11 is 1.72. The Kier molecular flexibility index (Phi) is 7.75. The average Bonchev–Trinajstić information content (AvgIpc) is 2.70. The molecule has 1 heterocycles. The summed E-state index contributed by atoms with van der Waals surface area (Å²) in [6, 6.07) is 18.8. The van der Waals surface area contributed by atoms with Crippen molar-refractivity contribution in [1.82, 2.24) is 15.1 Å². The molecular formula is C22H29N3OS. The third-order valence-corrected chi connectivity index (χ3v) is 5.87. The highest BCUT2D eigenvalue weighted by molar-refractivity contribution is 7.99. The minimum Gasteiger partial charge on any atom is -0.352 e. The van der Waals surface area contributed by atoms with Gasteiger partial charge in [0.2, 0.25) is 5.91 Å². The second-order valence-corrected chi connectivity index (χ2v) is 8.25. The van der Waals surface area contributed by atoms with E-state index in [1.807, 2.05) is 18.2 Å². The van der Waals surface area contributed by atoms with Gasteiger partial charge in [-0.15, -0.1) is 11.8 Å². The smallest absolute Gasteiger partial charge is 0.221 e. The normalized spacial score (nSPS) is 15.6. The molecule has 1 aliphatic rings. The van der Waals surface area contributed by atoms with E-state index in [-0.39, 0.29) is 5.91 Å². The van der Waals surface area contributed by atoms with Crippen LogP contribution in [0.3, 0.4) is 0 Å². The largest absolute Gasteiger partial charge is 0.352 e. The van der Waals surface area contributed by atoms with Crippen LogP contribution in [0, 0.1) is 0 Å². The molecule has 2 aromatic carbocycles. The number of rotatable bonds is 8. The number of benzene rings is 2. The van der Waals surface area contributed by atoms with Crippen LogP contribution in [0.1, 0.15) is 17.5 Å². The minimum absolute atomic E-state index is 0.111. The van der Waals surface area contributed by atoms with Crippen LogP contribution in [0.25, 0.3) is 0 Å². The first-order chi connectivity index (χ1) is 13.2. The van der Waals surface area contributed by atoms with Gasteiger partial charge in [-0.3, -0.25) is 9.69 Å². The number of likely N-dealkylation sites (N-methyl/N-ethyl adjacent to an activating group) is 1. The zero-order valence-electron chi connectivity index (χ0n) is 16.1. The SMILES string of the molecule is CN1CCN(Cc2ccc(CNC(=O)CCSc3ccccc3)cc2)CC1. The highest BCUT2D eigenvalue weighted by Crippen LogP contribution is 2.17. The monoisotopic (exact) mass is 383 g/mol. The lowest BCUT2D eigenvalue weighted by molar-refractivity contribution is -0.120. The number of nitrogens with zero attached hydrogens (tertiary/aromatic N) is 2. The Labute approximate surface area is 166 Å². The molecule has 3 rings (SSSR count). The second kappa shape index (κ2) is 10.5. The van der Waals surface area contributed by atoms with Crippen molar-refractivity contribution in [2.24, 2.45) is 0 Å². The van der Waals surface area contributed by atoms with Gasteiger partial charge in [-0.1, -0.05) is 42.5 Å². The maximum Gasteiger partial charge on any atom is 0.221 e. The Morgan fingerprint density at radius 1 is 0.963 bits per heavy atom. The number of hydrogen-bond acceptors (Lipinski definition) is 4. The number of carbonyl (C=O) groups is 1. The zero-order valence-corrected chi connectivity index (χ0v) is 16.9. The van der Waals surface area contributed by atoms with Crippen LogP contribution in [0.15, 0.2) is 59.5 Å². The van der Waals surface area contributed by atoms with Crippen LogP contribution >= 0.6 is 11.8 Å². The Balaban J connectivity index is 1.35. The molecule has 144 valence electrons. The molecule has 0 spiro atoms. The lowest BCUT2D eigenvalue weighted by atomic mass is 10.1. The molecule has 4 nitrogen and oxygen atoms in total. The maximum absolute atomic E-state index is 12.0. The van der Waals surface area contributed by atoms with Gasteiger partial charge >= 0.3 is 0 Å². The standard InChI is InChI=1S/C22H29N3OS/c1-24-12-14-25(15-13-24)18-20-9-7-19(8-10-20)17-23-22(26)11-16-27-21-5-3-2-4-6-21/h2-10H,11-18H2,1H3,(H,23,26). The summed E-state index contributed by atoms with van der Waals surface area (Å²) in [5.74, 6) is 0.916. The third-order valence-electron chi connectivity index (χ3n) is 4.86.